The maximum absolute atomic E-state index is 6.38. The van der Waals surface area contributed by atoms with Crippen LogP contribution in [0.5, 0.6) is 11.5 Å². The van der Waals surface area contributed by atoms with Crippen molar-refractivity contribution in [2.75, 3.05) is 26.5 Å². The molecule has 2 aliphatic heterocycles. The molecule has 1 saturated heterocycles. The molecular formula is C13H16ClNO3. The normalized spacial score (nSPS) is 22.2. The van der Waals surface area contributed by atoms with Gasteiger partial charge in [0.05, 0.1) is 17.7 Å². The summed E-state index contributed by atoms with van der Waals surface area (Å²) in [7, 11) is 0. The second kappa shape index (κ2) is 4.96. The van der Waals surface area contributed by atoms with Crippen LogP contribution in [0.2, 0.25) is 5.02 Å². The van der Waals surface area contributed by atoms with Crippen LogP contribution in [0.4, 0.5) is 0 Å². The molecule has 0 radical (unpaired) electrons. The van der Waals surface area contributed by atoms with Gasteiger partial charge in [0.25, 0.3) is 0 Å². The molecule has 1 aromatic rings. The van der Waals surface area contributed by atoms with E-state index in [0.29, 0.717) is 11.6 Å². The van der Waals surface area contributed by atoms with Crippen molar-refractivity contribution in [3.8, 4) is 11.5 Å². The molecule has 0 saturated carbocycles. The predicted molar refractivity (Wildman–Crippen MR) is 68.5 cm³/mol. The van der Waals surface area contributed by atoms with Crippen molar-refractivity contribution in [1.29, 1.82) is 0 Å². The summed E-state index contributed by atoms with van der Waals surface area (Å²) in [5, 5.41) is 4.02. The number of nitrogens with one attached hydrogen (secondary N) is 1. The summed E-state index contributed by atoms with van der Waals surface area (Å²) in [6.45, 7) is 4.74. The number of morpholine rings is 1. The van der Waals surface area contributed by atoms with Gasteiger partial charge in [-0.25, -0.2) is 0 Å². The summed E-state index contributed by atoms with van der Waals surface area (Å²) in [6, 6.07) is 1.83. The fourth-order valence-electron chi connectivity index (χ4n) is 2.54. The molecule has 1 atom stereocenters. The largest absolute Gasteiger partial charge is 0.454 e. The molecule has 5 heteroatoms. The second-order valence-corrected chi connectivity index (χ2v) is 4.81. The third-order valence-electron chi connectivity index (χ3n) is 3.36. The van der Waals surface area contributed by atoms with Crippen molar-refractivity contribution in [3.05, 3.63) is 22.2 Å². The van der Waals surface area contributed by atoms with Gasteiger partial charge in [-0.15, -0.1) is 0 Å². The van der Waals surface area contributed by atoms with Crippen LogP contribution in [0.1, 0.15) is 24.2 Å². The number of fused-ring (bicyclic) bond motifs is 1. The Morgan fingerprint density at radius 2 is 2.33 bits per heavy atom. The predicted octanol–water partition coefficient (Wildman–Crippen LogP) is 2.29. The van der Waals surface area contributed by atoms with E-state index in [4.69, 9.17) is 25.8 Å². The van der Waals surface area contributed by atoms with Crippen LogP contribution in [-0.2, 0) is 11.2 Å². The molecule has 2 heterocycles. The van der Waals surface area contributed by atoms with E-state index in [1.54, 1.807) is 0 Å². The lowest BCUT2D eigenvalue weighted by atomic mass is 9.98. The van der Waals surface area contributed by atoms with Gasteiger partial charge >= 0.3 is 0 Å². The van der Waals surface area contributed by atoms with Crippen molar-refractivity contribution >= 4 is 11.6 Å². The Kier molecular flexibility index (Phi) is 3.33. The van der Waals surface area contributed by atoms with E-state index in [9.17, 15) is 0 Å². The van der Waals surface area contributed by atoms with Crippen LogP contribution in [-0.4, -0.2) is 26.5 Å². The summed E-state index contributed by atoms with van der Waals surface area (Å²) in [4.78, 5) is 0. The van der Waals surface area contributed by atoms with Crippen LogP contribution in [0.15, 0.2) is 6.07 Å². The molecule has 3 rings (SSSR count). The van der Waals surface area contributed by atoms with E-state index < -0.39 is 0 Å². The molecule has 0 amide bonds. The molecule has 1 aromatic carbocycles. The Morgan fingerprint density at radius 1 is 1.44 bits per heavy atom. The highest BCUT2D eigenvalue weighted by molar-refractivity contribution is 6.31. The van der Waals surface area contributed by atoms with Crippen molar-refractivity contribution in [2.45, 2.75) is 19.4 Å². The van der Waals surface area contributed by atoms with Crippen LogP contribution < -0.4 is 14.8 Å². The standard InChI is InChI=1S/C13H16ClNO3/c1-2-8-12(11-6-15-3-4-16-11)9(14)5-10-13(8)18-7-17-10/h5,11,15H,2-4,6-7H2,1H3. The average molecular weight is 270 g/mol. The Hall–Kier alpha value is -0.970. The minimum atomic E-state index is -0.00398. The summed E-state index contributed by atoms with van der Waals surface area (Å²) < 4.78 is 16.8. The van der Waals surface area contributed by atoms with E-state index in [2.05, 4.69) is 12.2 Å². The second-order valence-electron chi connectivity index (χ2n) is 4.40. The number of rotatable bonds is 2. The van der Waals surface area contributed by atoms with Crippen molar-refractivity contribution < 1.29 is 14.2 Å². The Morgan fingerprint density at radius 3 is 3.06 bits per heavy atom. The zero-order valence-electron chi connectivity index (χ0n) is 10.3. The first-order valence-corrected chi connectivity index (χ1v) is 6.62. The summed E-state index contributed by atoms with van der Waals surface area (Å²) >= 11 is 6.38. The summed E-state index contributed by atoms with van der Waals surface area (Å²) in [5.41, 5.74) is 2.14. The van der Waals surface area contributed by atoms with Gasteiger partial charge in [0.15, 0.2) is 11.5 Å². The number of halogens is 1. The maximum atomic E-state index is 6.38. The van der Waals surface area contributed by atoms with Crippen LogP contribution in [0.25, 0.3) is 0 Å². The molecule has 0 aromatic heterocycles. The highest BCUT2D eigenvalue weighted by atomic mass is 35.5. The molecule has 2 aliphatic rings. The van der Waals surface area contributed by atoms with Crippen molar-refractivity contribution in [1.82, 2.24) is 5.32 Å². The van der Waals surface area contributed by atoms with Gasteiger partial charge in [-0.05, 0) is 6.42 Å². The molecule has 1 N–H and O–H groups in total. The van der Waals surface area contributed by atoms with Gasteiger partial charge in [-0.2, -0.15) is 0 Å². The van der Waals surface area contributed by atoms with Crippen molar-refractivity contribution in [2.24, 2.45) is 0 Å². The van der Waals surface area contributed by atoms with Crippen molar-refractivity contribution in [3.63, 3.8) is 0 Å². The van der Waals surface area contributed by atoms with Crippen LogP contribution >= 0.6 is 11.6 Å². The molecule has 18 heavy (non-hydrogen) atoms. The molecule has 0 aliphatic carbocycles. The minimum Gasteiger partial charge on any atom is -0.454 e. The summed E-state index contributed by atoms with van der Waals surface area (Å²) in [5.74, 6) is 1.57. The molecule has 4 nitrogen and oxygen atoms in total. The van der Waals surface area contributed by atoms with Gasteiger partial charge in [0.1, 0.15) is 0 Å². The molecule has 0 spiro atoms. The lowest BCUT2D eigenvalue weighted by Crippen LogP contribution is -2.34. The fourth-order valence-corrected chi connectivity index (χ4v) is 2.88. The lowest BCUT2D eigenvalue weighted by Gasteiger charge is -2.27. The Bertz CT molecular complexity index is 458. The van der Waals surface area contributed by atoms with Crippen LogP contribution in [0, 0.1) is 0 Å². The van der Waals surface area contributed by atoms with Crippen LogP contribution in [0.3, 0.4) is 0 Å². The van der Waals surface area contributed by atoms with Gasteiger partial charge in [-0.3, -0.25) is 0 Å². The van der Waals surface area contributed by atoms with E-state index >= 15 is 0 Å². The number of ether oxygens (including phenoxy) is 3. The molecule has 0 bridgehead atoms. The zero-order chi connectivity index (χ0) is 12.5. The van der Waals surface area contributed by atoms with E-state index in [1.165, 1.54) is 0 Å². The molecular weight excluding hydrogens is 254 g/mol. The quantitative estimate of drug-likeness (QED) is 0.894. The van der Waals surface area contributed by atoms with Gasteiger partial charge in [0.2, 0.25) is 6.79 Å². The first-order chi connectivity index (χ1) is 8.81. The first-order valence-electron chi connectivity index (χ1n) is 6.24. The topological polar surface area (TPSA) is 39.7 Å². The number of hydrogen-bond donors (Lipinski definition) is 1. The van der Waals surface area contributed by atoms with Gasteiger partial charge < -0.3 is 19.5 Å². The zero-order valence-corrected chi connectivity index (χ0v) is 11.0. The highest BCUT2D eigenvalue weighted by Gasteiger charge is 2.28. The summed E-state index contributed by atoms with van der Waals surface area (Å²) in [6.07, 6.45) is 0.845. The smallest absolute Gasteiger partial charge is 0.231 e. The molecule has 1 unspecified atom stereocenters. The maximum Gasteiger partial charge on any atom is 0.231 e. The highest BCUT2D eigenvalue weighted by Crippen LogP contribution is 2.44. The van der Waals surface area contributed by atoms with E-state index in [1.807, 2.05) is 6.07 Å². The number of benzene rings is 1. The minimum absolute atomic E-state index is 0.00398. The molecule has 1 fully saturated rings. The van der Waals surface area contributed by atoms with E-state index in [-0.39, 0.29) is 12.9 Å². The third-order valence-corrected chi connectivity index (χ3v) is 3.67. The van der Waals surface area contributed by atoms with Gasteiger partial charge in [0, 0.05) is 30.3 Å². The first kappa shape index (κ1) is 12.1. The Balaban J connectivity index is 2.06. The van der Waals surface area contributed by atoms with Gasteiger partial charge in [-0.1, -0.05) is 18.5 Å². The van der Waals surface area contributed by atoms with E-state index in [0.717, 1.165) is 42.1 Å². The Labute approximate surface area is 111 Å². The third kappa shape index (κ3) is 1.94. The average Bonchev–Trinajstić information content (AvgIpc) is 2.85. The lowest BCUT2D eigenvalue weighted by molar-refractivity contribution is 0.0271. The fraction of sp³-hybridized carbons (Fsp3) is 0.538. The SMILES string of the molecule is CCc1c2c(cc(Cl)c1C1CNCCO1)OCO2. The number of hydrogen-bond acceptors (Lipinski definition) is 4. The molecule has 98 valence electrons. The monoisotopic (exact) mass is 269 g/mol.